The van der Waals surface area contributed by atoms with Crippen molar-refractivity contribution in [1.82, 2.24) is 10.1 Å². The van der Waals surface area contributed by atoms with Gasteiger partial charge in [0.2, 0.25) is 0 Å². The summed E-state index contributed by atoms with van der Waals surface area (Å²) in [5.74, 6) is 1.63. The number of alkyl halides is 1. The lowest BCUT2D eigenvalue weighted by atomic mass is 10.5. The lowest BCUT2D eigenvalue weighted by molar-refractivity contribution is 0.151. The Morgan fingerprint density at radius 2 is 2.45 bits per heavy atom. The largest absolute Gasteiger partial charge is 0.375 e. The Bertz CT molecular complexity index is 194. The highest BCUT2D eigenvalue weighted by Gasteiger charge is 2.03. The summed E-state index contributed by atoms with van der Waals surface area (Å²) in [6.45, 7) is 0.356. The third-order valence-corrected chi connectivity index (χ3v) is 1.29. The standard InChI is InChI=1S/C6H9ClN2O2/c1-10-4-6-8-5(2-3-7)9-11-6/h2-4H2,1H3. The average molecular weight is 177 g/mol. The fourth-order valence-electron chi connectivity index (χ4n) is 0.658. The number of aromatic nitrogens is 2. The van der Waals surface area contributed by atoms with Crippen LogP contribution in [0.1, 0.15) is 11.7 Å². The Balaban J connectivity index is 2.51. The van der Waals surface area contributed by atoms with Crippen LogP contribution in [0.25, 0.3) is 0 Å². The summed E-state index contributed by atoms with van der Waals surface area (Å²) >= 11 is 5.47. The van der Waals surface area contributed by atoms with Crippen LogP contribution in [0.5, 0.6) is 0 Å². The van der Waals surface area contributed by atoms with Crippen LogP contribution < -0.4 is 0 Å². The molecule has 62 valence electrons. The van der Waals surface area contributed by atoms with Crippen LogP contribution in [0, 0.1) is 0 Å². The van der Waals surface area contributed by atoms with Crippen molar-refractivity contribution in [3.8, 4) is 0 Å². The van der Waals surface area contributed by atoms with E-state index in [0.29, 0.717) is 30.6 Å². The fourth-order valence-corrected chi connectivity index (χ4v) is 0.827. The second-order valence-corrected chi connectivity index (χ2v) is 2.35. The number of methoxy groups -OCH3 is 1. The Labute approximate surface area is 69.5 Å². The van der Waals surface area contributed by atoms with Crippen molar-refractivity contribution in [2.45, 2.75) is 13.0 Å². The van der Waals surface area contributed by atoms with E-state index in [-0.39, 0.29) is 0 Å². The Hall–Kier alpha value is -0.610. The van der Waals surface area contributed by atoms with Crippen molar-refractivity contribution >= 4 is 11.6 Å². The van der Waals surface area contributed by atoms with Gasteiger partial charge in [-0.15, -0.1) is 11.6 Å². The highest BCUT2D eigenvalue weighted by atomic mass is 35.5. The van der Waals surface area contributed by atoms with Crippen LogP contribution in [0.15, 0.2) is 4.52 Å². The minimum atomic E-state index is 0.356. The number of nitrogens with zero attached hydrogens (tertiary/aromatic N) is 2. The first-order valence-corrected chi connectivity index (χ1v) is 3.76. The molecule has 0 saturated heterocycles. The maximum Gasteiger partial charge on any atom is 0.252 e. The van der Waals surface area contributed by atoms with Crippen LogP contribution in [0.3, 0.4) is 0 Å². The summed E-state index contributed by atoms with van der Waals surface area (Å²) in [5.41, 5.74) is 0. The molecule has 0 fully saturated rings. The van der Waals surface area contributed by atoms with E-state index in [9.17, 15) is 0 Å². The van der Waals surface area contributed by atoms with Gasteiger partial charge in [0.25, 0.3) is 5.89 Å². The molecule has 0 amide bonds. The molecule has 11 heavy (non-hydrogen) atoms. The summed E-state index contributed by atoms with van der Waals surface area (Å²) in [6, 6.07) is 0. The first-order valence-electron chi connectivity index (χ1n) is 3.23. The average Bonchev–Trinajstić information content (AvgIpc) is 2.38. The van der Waals surface area contributed by atoms with E-state index < -0.39 is 0 Å². The molecule has 0 spiro atoms. The monoisotopic (exact) mass is 176 g/mol. The van der Waals surface area contributed by atoms with Crippen molar-refractivity contribution in [1.29, 1.82) is 0 Å². The number of hydrogen-bond donors (Lipinski definition) is 0. The Morgan fingerprint density at radius 3 is 3.09 bits per heavy atom. The molecule has 0 aliphatic carbocycles. The van der Waals surface area contributed by atoms with E-state index in [4.69, 9.17) is 20.9 Å². The van der Waals surface area contributed by atoms with E-state index in [0.717, 1.165) is 0 Å². The zero-order valence-corrected chi connectivity index (χ0v) is 6.97. The summed E-state index contributed by atoms with van der Waals surface area (Å²) in [5, 5.41) is 3.67. The molecule has 0 aromatic carbocycles. The van der Waals surface area contributed by atoms with E-state index >= 15 is 0 Å². The van der Waals surface area contributed by atoms with E-state index in [1.807, 2.05) is 0 Å². The highest BCUT2D eigenvalue weighted by molar-refractivity contribution is 6.17. The van der Waals surface area contributed by atoms with Gasteiger partial charge < -0.3 is 9.26 Å². The Kier molecular flexibility index (Phi) is 3.32. The van der Waals surface area contributed by atoms with Crippen molar-refractivity contribution in [2.75, 3.05) is 13.0 Å². The molecule has 4 nitrogen and oxygen atoms in total. The molecule has 1 aromatic heterocycles. The molecule has 0 N–H and O–H groups in total. The molecular formula is C6H9ClN2O2. The number of aryl methyl sites for hydroxylation is 1. The SMILES string of the molecule is COCc1nc(CCCl)no1. The molecule has 0 radical (unpaired) electrons. The van der Waals surface area contributed by atoms with Gasteiger partial charge in [-0.2, -0.15) is 4.98 Å². The molecule has 1 heterocycles. The van der Waals surface area contributed by atoms with Crippen molar-refractivity contribution in [2.24, 2.45) is 0 Å². The lowest BCUT2D eigenvalue weighted by Gasteiger charge is -1.86. The number of ether oxygens (including phenoxy) is 1. The van der Waals surface area contributed by atoms with Gasteiger partial charge in [-0.25, -0.2) is 0 Å². The molecular weight excluding hydrogens is 168 g/mol. The zero-order chi connectivity index (χ0) is 8.10. The molecule has 1 aromatic rings. The minimum Gasteiger partial charge on any atom is -0.375 e. The zero-order valence-electron chi connectivity index (χ0n) is 6.21. The molecule has 0 atom stereocenters. The quantitative estimate of drug-likeness (QED) is 0.643. The van der Waals surface area contributed by atoms with Crippen LogP contribution in [-0.4, -0.2) is 23.1 Å². The smallest absolute Gasteiger partial charge is 0.252 e. The van der Waals surface area contributed by atoms with Gasteiger partial charge in [0.1, 0.15) is 6.61 Å². The topological polar surface area (TPSA) is 48.2 Å². The lowest BCUT2D eigenvalue weighted by Crippen LogP contribution is -1.90. The third kappa shape index (κ3) is 2.48. The maximum absolute atomic E-state index is 5.47. The minimum absolute atomic E-state index is 0.356. The predicted octanol–water partition coefficient (Wildman–Crippen LogP) is 0.997. The molecule has 0 unspecified atom stereocenters. The fraction of sp³-hybridized carbons (Fsp3) is 0.667. The summed E-state index contributed by atoms with van der Waals surface area (Å²) < 4.78 is 9.60. The second-order valence-electron chi connectivity index (χ2n) is 1.98. The Morgan fingerprint density at radius 1 is 1.64 bits per heavy atom. The molecule has 1 rings (SSSR count). The molecule has 5 heteroatoms. The van der Waals surface area contributed by atoms with Crippen molar-refractivity contribution in [3.63, 3.8) is 0 Å². The van der Waals surface area contributed by atoms with E-state index in [2.05, 4.69) is 10.1 Å². The normalized spacial score (nSPS) is 10.4. The summed E-state index contributed by atoms with van der Waals surface area (Å²) in [6.07, 6.45) is 0.634. The van der Waals surface area contributed by atoms with E-state index in [1.165, 1.54) is 0 Å². The van der Waals surface area contributed by atoms with Gasteiger partial charge in [-0.05, 0) is 0 Å². The number of rotatable bonds is 4. The second kappa shape index (κ2) is 4.31. The van der Waals surface area contributed by atoms with Crippen LogP contribution in [0.2, 0.25) is 0 Å². The van der Waals surface area contributed by atoms with Gasteiger partial charge in [0.15, 0.2) is 5.82 Å². The van der Waals surface area contributed by atoms with Crippen LogP contribution in [-0.2, 0) is 17.8 Å². The molecule has 0 aliphatic heterocycles. The first kappa shape index (κ1) is 8.49. The van der Waals surface area contributed by atoms with Crippen LogP contribution >= 0.6 is 11.6 Å². The summed E-state index contributed by atoms with van der Waals surface area (Å²) in [7, 11) is 1.57. The van der Waals surface area contributed by atoms with Gasteiger partial charge in [-0.1, -0.05) is 5.16 Å². The number of hydrogen-bond acceptors (Lipinski definition) is 4. The number of halogens is 1. The molecule has 0 aliphatic rings. The van der Waals surface area contributed by atoms with Gasteiger partial charge in [0.05, 0.1) is 0 Å². The van der Waals surface area contributed by atoms with Gasteiger partial charge in [-0.3, -0.25) is 0 Å². The van der Waals surface area contributed by atoms with Gasteiger partial charge in [0, 0.05) is 19.4 Å². The first-order chi connectivity index (χ1) is 5.36. The van der Waals surface area contributed by atoms with Gasteiger partial charge >= 0.3 is 0 Å². The summed E-state index contributed by atoms with van der Waals surface area (Å²) in [4.78, 5) is 4.00. The van der Waals surface area contributed by atoms with Crippen LogP contribution in [0.4, 0.5) is 0 Å². The molecule has 0 bridgehead atoms. The highest BCUT2D eigenvalue weighted by Crippen LogP contribution is 1.99. The maximum atomic E-state index is 5.47. The molecule has 0 saturated carbocycles. The predicted molar refractivity (Wildman–Crippen MR) is 39.4 cm³/mol. The third-order valence-electron chi connectivity index (χ3n) is 1.10. The van der Waals surface area contributed by atoms with Crippen molar-refractivity contribution in [3.05, 3.63) is 11.7 Å². The van der Waals surface area contributed by atoms with Crippen molar-refractivity contribution < 1.29 is 9.26 Å². The van der Waals surface area contributed by atoms with E-state index in [1.54, 1.807) is 7.11 Å².